The number of ether oxygens (including phenoxy) is 2. The molecule has 4 nitrogen and oxygen atoms in total. The summed E-state index contributed by atoms with van der Waals surface area (Å²) in [7, 11) is 1.86. The highest BCUT2D eigenvalue weighted by Gasteiger charge is 2.17. The molecule has 3 unspecified atom stereocenters. The van der Waals surface area contributed by atoms with E-state index in [9.17, 15) is 9.00 Å². The average Bonchev–Trinajstić information content (AvgIpc) is 2.17. The third-order valence-electron chi connectivity index (χ3n) is 1.93. The van der Waals surface area contributed by atoms with E-state index >= 15 is 0 Å². The molecular weight excluding hydrogens is 204 g/mol. The Bertz CT molecular complexity index is 205. The second-order valence-corrected chi connectivity index (χ2v) is 5.08. The maximum absolute atomic E-state index is 11.6. The summed E-state index contributed by atoms with van der Waals surface area (Å²) in [4.78, 5) is 10.9. The van der Waals surface area contributed by atoms with Gasteiger partial charge in [0.05, 0.1) is 19.6 Å². The van der Waals surface area contributed by atoms with Gasteiger partial charge in [0.2, 0.25) is 0 Å². The highest BCUT2D eigenvalue weighted by molar-refractivity contribution is 7.85. The first-order valence-electron chi connectivity index (χ1n) is 4.48. The van der Waals surface area contributed by atoms with E-state index in [2.05, 4.69) is 4.74 Å². The van der Waals surface area contributed by atoms with Crippen molar-refractivity contribution in [3.63, 3.8) is 0 Å². The van der Waals surface area contributed by atoms with Crippen LogP contribution >= 0.6 is 0 Å². The van der Waals surface area contributed by atoms with Crippen LogP contribution < -0.4 is 0 Å². The van der Waals surface area contributed by atoms with E-state index in [0.717, 1.165) is 0 Å². The maximum atomic E-state index is 11.6. The maximum Gasteiger partial charge on any atom is 0.306 e. The van der Waals surface area contributed by atoms with Crippen molar-refractivity contribution in [3.8, 4) is 0 Å². The van der Waals surface area contributed by atoms with E-state index in [0.29, 0.717) is 5.75 Å². The molecule has 0 aliphatic carbocycles. The molecule has 84 valence electrons. The summed E-state index contributed by atoms with van der Waals surface area (Å²) in [5, 5.41) is -0.181. The van der Waals surface area contributed by atoms with Crippen molar-refractivity contribution in [2.75, 3.05) is 20.0 Å². The van der Waals surface area contributed by atoms with Crippen LogP contribution in [0.25, 0.3) is 0 Å². The second kappa shape index (κ2) is 6.95. The van der Waals surface area contributed by atoms with Crippen molar-refractivity contribution in [3.05, 3.63) is 0 Å². The average molecular weight is 222 g/mol. The molecule has 0 aromatic heterocycles. The fourth-order valence-electron chi connectivity index (χ4n) is 0.875. The van der Waals surface area contributed by atoms with Gasteiger partial charge < -0.3 is 9.47 Å². The lowest BCUT2D eigenvalue weighted by atomic mass is 10.3. The molecule has 14 heavy (non-hydrogen) atoms. The molecule has 0 saturated heterocycles. The Hall–Kier alpha value is -0.420. The quantitative estimate of drug-likeness (QED) is 0.621. The zero-order chi connectivity index (χ0) is 11.1. The summed E-state index contributed by atoms with van der Waals surface area (Å²) in [6.45, 7) is 3.62. The number of carbonyl (C=O) groups is 1. The Morgan fingerprint density at radius 3 is 2.36 bits per heavy atom. The molecule has 5 heteroatoms. The van der Waals surface area contributed by atoms with E-state index in [-0.39, 0.29) is 23.7 Å². The van der Waals surface area contributed by atoms with Crippen molar-refractivity contribution in [1.82, 2.24) is 0 Å². The molecule has 0 aromatic rings. The number of carbonyl (C=O) groups excluding carboxylic acids is 1. The molecule has 0 heterocycles. The first kappa shape index (κ1) is 13.6. The van der Waals surface area contributed by atoms with Gasteiger partial charge in [-0.25, -0.2) is 0 Å². The van der Waals surface area contributed by atoms with E-state index in [4.69, 9.17) is 4.74 Å². The molecule has 0 saturated carbocycles. The first-order valence-corrected chi connectivity index (χ1v) is 5.86. The van der Waals surface area contributed by atoms with Crippen LogP contribution in [0.5, 0.6) is 0 Å². The van der Waals surface area contributed by atoms with Gasteiger partial charge in [0.15, 0.2) is 0 Å². The summed E-state index contributed by atoms with van der Waals surface area (Å²) in [6.07, 6.45) is 0.149. The molecule has 0 aliphatic rings. The topological polar surface area (TPSA) is 52.6 Å². The Morgan fingerprint density at radius 2 is 1.93 bits per heavy atom. The van der Waals surface area contributed by atoms with Gasteiger partial charge in [-0.15, -0.1) is 0 Å². The zero-order valence-corrected chi connectivity index (χ0v) is 9.93. The van der Waals surface area contributed by atoms with Crippen LogP contribution in [0.3, 0.4) is 0 Å². The minimum Gasteiger partial charge on any atom is -0.469 e. The van der Waals surface area contributed by atoms with Gasteiger partial charge in [0.1, 0.15) is 0 Å². The third kappa shape index (κ3) is 5.34. The van der Waals surface area contributed by atoms with Crippen molar-refractivity contribution < 1.29 is 18.5 Å². The Morgan fingerprint density at radius 1 is 1.36 bits per heavy atom. The van der Waals surface area contributed by atoms with E-state index in [1.54, 1.807) is 14.0 Å². The molecule has 3 atom stereocenters. The molecule has 0 radical (unpaired) electrons. The molecule has 0 aliphatic heterocycles. The van der Waals surface area contributed by atoms with Gasteiger partial charge in [-0.3, -0.25) is 9.00 Å². The lowest BCUT2D eigenvalue weighted by molar-refractivity contribution is -0.140. The van der Waals surface area contributed by atoms with Crippen molar-refractivity contribution >= 4 is 16.8 Å². The summed E-state index contributed by atoms with van der Waals surface area (Å²) >= 11 is 0. The SMILES string of the molecule is COC(=O)CC(C)S(=O)CC(C)OC. The van der Waals surface area contributed by atoms with Crippen molar-refractivity contribution in [1.29, 1.82) is 0 Å². The van der Waals surface area contributed by atoms with Crippen LogP contribution in [0.1, 0.15) is 20.3 Å². The monoisotopic (exact) mass is 222 g/mol. The zero-order valence-electron chi connectivity index (χ0n) is 9.11. The van der Waals surface area contributed by atoms with Crippen LogP contribution in [-0.2, 0) is 25.1 Å². The summed E-state index contributed by atoms with van der Waals surface area (Å²) in [6, 6.07) is 0. The smallest absolute Gasteiger partial charge is 0.306 e. The predicted octanol–water partition coefficient (Wildman–Crippen LogP) is 0.722. The van der Waals surface area contributed by atoms with Crippen molar-refractivity contribution in [2.45, 2.75) is 31.6 Å². The fourth-order valence-corrected chi connectivity index (χ4v) is 2.12. The van der Waals surface area contributed by atoms with Gasteiger partial charge in [-0.1, -0.05) is 6.92 Å². The molecule has 0 spiro atoms. The predicted molar refractivity (Wildman–Crippen MR) is 55.6 cm³/mol. The number of methoxy groups -OCH3 is 2. The third-order valence-corrected chi connectivity index (χ3v) is 3.79. The highest BCUT2D eigenvalue weighted by atomic mass is 32.2. The fraction of sp³-hybridized carbons (Fsp3) is 0.889. The molecule has 0 N–H and O–H groups in total. The van der Waals surface area contributed by atoms with Gasteiger partial charge in [0, 0.05) is 28.9 Å². The molecule has 0 bridgehead atoms. The van der Waals surface area contributed by atoms with E-state index in [1.165, 1.54) is 7.11 Å². The van der Waals surface area contributed by atoms with Gasteiger partial charge in [-0.05, 0) is 6.92 Å². The molecule has 0 rings (SSSR count). The summed E-state index contributed by atoms with van der Waals surface area (Å²) < 4.78 is 21.1. The lowest BCUT2D eigenvalue weighted by Gasteiger charge is -2.13. The highest BCUT2D eigenvalue weighted by Crippen LogP contribution is 2.05. The van der Waals surface area contributed by atoms with Crippen molar-refractivity contribution in [2.24, 2.45) is 0 Å². The number of hydrogen-bond acceptors (Lipinski definition) is 4. The summed E-state index contributed by atoms with van der Waals surface area (Å²) in [5.41, 5.74) is 0. The Balaban J connectivity index is 3.93. The normalized spacial score (nSPS) is 17.1. The molecule has 0 fully saturated rings. The van der Waals surface area contributed by atoms with Crippen LogP contribution in [0.4, 0.5) is 0 Å². The number of esters is 1. The Labute approximate surface area is 87.4 Å². The molecule has 0 amide bonds. The second-order valence-electron chi connectivity index (χ2n) is 3.18. The van der Waals surface area contributed by atoms with Crippen LogP contribution in [0.2, 0.25) is 0 Å². The number of hydrogen-bond donors (Lipinski definition) is 0. The van der Waals surface area contributed by atoms with Crippen LogP contribution in [0.15, 0.2) is 0 Å². The van der Waals surface area contributed by atoms with E-state index in [1.807, 2.05) is 6.92 Å². The van der Waals surface area contributed by atoms with Crippen LogP contribution in [0, 0.1) is 0 Å². The van der Waals surface area contributed by atoms with E-state index < -0.39 is 10.8 Å². The summed E-state index contributed by atoms with van der Waals surface area (Å²) in [5.74, 6) is 0.130. The number of rotatable bonds is 6. The molecule has 0 aromatic carbocycles. The minimum absolute atomic E-state index is 0.0454. The van der Waals surface area contributed by atoms with Gasteiger partial charge in [-0.2, -0.15) is 0 Å². The van der Waals surface area contributed by atoms with Gasteiger partial charge in [0.25, 0.3) is 0 Å². The minimum atomic E-state index is -1.04. The van der Waals surface area contributed by atoms with Gasteiger partial charge >= 0.3 is 5.97 Å². The molecular formula is C9H18O4S. The van der Waals surface area contributed by atoms with Crippen LogP contribution in [-0.4, -0.2) is 41.5 Å². The first-order chi connectivity index (χ1) is 6.51. The Kier molecular flexibility index (Phi) is 6.74. The largest absolute Gasteiger partial charge is 0.469 e. The lowest BCUT2D eigenvalue weighted by Crippen LogP contribution is -2.24. The standard InChI is InChI=1S/C9H18O4S/c1-7(12-3)6-14(11)8(2)5-9(10)13-4/h7-8H,5-6H2,1-4H3.